The van der Waals surface area contributed by atoms with Crippen molar-refractivity contribution in [1.82, 2.24) is 0 Å². The molecule has 4 heteroatoms. The molecule has 1 aliphatic carbocycles. The highest BCUT2D eigenvalue weighted by Crippen LogP contribution is 2.38. The fourth-order valence-corrected chi connectivity index (χ4v) is 4.14. The van der Waals surface area contributed by atoms with Crippen molar-refractivity contribution in [1.29, 1.82) is 0 Å². The maximum absolute atomic E-state index is 13.3. The summed E-state index contributed by atoms with van der Waals surface area (Å²) in [4.78, 5) is 13.3. The molecule has 0 saturated heterocycles. The number of hydrogen-bond donors (Lipinski definition) is 1. The Labute approximate surface area is 162 Å². The van der Waals surface area contributed by atoms with Crippen LogP contribution >= 0.6 is 0 Å². The molecule has 0 aliphatic heterocycles. The van der Waals surface area contributed by atoms with Gasteiger partial charge in [0.1, 0.15) is 11.4 Å². The Balaban J connectivity index is 1.90. The van der Waals surface area contributed by atoms with E-state index in [1.807, 2.05) is 43.3 Å². The lowest BCUT2D eigenvalue weighted by molar-refractivity contribution is -0.147. The number of nitrogens with one attached hydrogen (secondary N) is 1. The van der Waals surface area contributed by atoms with E-state index in [1.165, 1.54) is 0 Å². The molecule has 27 heavy (non-hydrogen) atoms. The molecule has 2 atom stereocenters. The van der Waals surface area contributed by atoms with Crippen LogP contribution in [0, 0.1) is 5.92 Å². The van der Waals surface area contributed by atoms with Gasteiger partial charge in [-0.2, -0.15) is 0 Å². The Kier molecular flexibility index (Phi) is 6.38. The zero-order valence-electron chi connectivity index (χ0n) is 16.7. The van der Waals surface area contributed by atoms with Crippen LogP contribution in [0.3, 0.4) is 0 Å². The number of anilines is 1. The summed E-state index contributed by atoms with van der Waals surface area (Å²) >= 11 is 0. The van der Waals surface area contributed by atoms with Gasteiger partial charge in [-0.3, -0.25) is 4.79 Å². The van der Waals surface area contributed by atoms with Gasteiger partial charge >= 0.3 is 0 Å². The molecular formula is C23H31NO3. The number of benzene rings is 2. The standard InChI is InChI=1S/C23H31NO3/c1-4-15-26-21-13-12-20(18-10-6-7-11-19(18)21)24-22(25)23(27-5-2)14-8-9-17(3)16-23/h6-7,10-13,17H,4-5,8-9,14-16H2,1-3H3,(H,24,25)/t17-,23+/m1/s1. The van der Waals surface area contributed by atoms with Crippen molar-refractivity contribution in [3.63, 3.8) is 0 Å². The molecule has 1 aliphatic rings. The van der Waals surface area contributed by atoms with Crippen LogP contribution in [0.1, 0.15) is 52.9 Å². The average molecular weight is 370 g/mol. The van der Waals surface area contributed by atoms with Gasteiger partial charge in [0, 0.05) is 23.1 Å². The van der Waals surface area contributed by atoms with Crippen LogP contribution < -0.4 is 10.1 Å². The van der Waals surface area contributed by atoms with Gasteiger partial charge in [0.15, 0.2) is 0 Å². The van der Waals surface area contributed by atoms with Gasteiger partial charge in [-0.25, -0.2) is 0 Å². The smallest absolute Gasteiger partial charge is 0.256 e. The van der Waals surface area contributed by atoms with Gasteiger partial charge in [-0.05, 0) is 50.7 Å². The Hall–Kier alpha value is -2.07. The first-order valence-electron chi connectivity index (χ1n) is 10.2. The van der Waals surface area contributed by atoms with Crippen molar-refractivity contribution in [2.75, 3.05) is 18.5 Å². The highest BCUT2D eigenvalue weighted by atomic mass is 16.5. The predicted octanol–water partition coefficient (Wildman–Crippen LogP) is 5.55. The van der Waals surface area contributed by atoms with Crippen LogP contribution in [-0.4, -0.2) is 24.7 Å². The topological polar surface area (TPSA) is 47.6 Å². The van der Waals surface area contributed by atoms with Crippen LogP contribution in [0.4, 0.5) is 5.69 Å². The molecule has 1 saturated carbocycles. The lowest BCUT2D eigenvalue weighted by atomic mass is 9.78. The highest BCUT2D eigenvalue weighted by Gasteiger charge is 2.42. The van der Waals surface area contributed by atoms with Crippen molar-refractivity contribution in [3.8, 4) is 5.75 Å². The summed E-state index contributed by atoms with van der Waals surface area (Å²) in [6.07, 6.45) is 4.71. The molecule has 1 amide bonds. The Bertz CT molecular complexity index is 784. The minimum atomic E-state index is -0.717. The summed E-state index contributed by atoms with van der Waals surface area (Å²) in [6, 6.07) is 11.9. The normalized spacial score (nSPS) is 22.6. The molecular weight excluding hydrogens is 338 g/mol. The van der Waals surface area contributed by atoms with Crippen LogP contribution in [0.25, 0.3) is 10.8 Å². The van der Waals surface area contributed by atoms with E-state index < -0.39 is 5.60 Å². The molecule has 2 aromatic rings. The van der Waals surface area contributed by atoms with Crippen molar-refractivity contribution in [2.45, 2.75) is 58.5 Å². The molecule has 2 aromatic carbocycles. The highest BCUT2D eigenvalue weighted by molar-refractivity contribution is 6.06. The van der Waals surface area contributed by atoms with Crippen molar-refractivity contribution in [3.05, 3.63) is 36.4 Å². The molecule has 0 aromatic heterocycles. The molecule has 4 nitrogen and oxygen atoms in total. The molecule has 1 N–H and O–H groups in total. The van der Waals surface area contributed by atoms with Gasteiger partial charge in [-0.15, -0.1) is 0 Å². The zero-order chi connectivity index (χ0) is 19.3. The minimum Gasteiger partial charge on any atom is -0.493 e. The molecule has 3 rings (SSSR count). The van der Waals surface area contributed by atoms with Crippen LogP contribution in [0.15, 0.2) is 36.4 Å². The number of hydrogen-bond acceptors (Lipinski definition) is 3. The quantitative estimate of drug-likeness (QED) is 0.696. The monoisotopic (exact) mass is 369 g/mol. The fraction of sp³-hybridized carbons (Fsp3) is 0.522. The number of rotatable bonds is 7. The summed E-state index contributed by atoms with van der Waals surface area (Å²) in [5.74, 6) is 1.33. The zero-order valence-corrected chi connectivity index (χ0v) is 16.7. The summed E-state index contributed by atoms with van der Waals surface area (Å²) in [6.45, 7) is 7.49. The van der Waals surface area contributed by atoms with Gasteiger partial charge in [0.25, 0.3) is 5.91 Å². The maximum atomic E-state index is 13.3. The van der Waals surface area contributed by atoms with Gasteiger partial charge in [-0.1, -0.05) is 44.5 Å². The molecule has 0 spiro atoms. The first-order chi connectivity index (χ1) is 13.1. The molecule has 146 valence electrons. The molecule has 0 radical (unpaired) electrons. The lowest BCUT2D eigenvalue weighted by Crippen LogP contribution is -2.48. The van der Waals surface area contributed by atoms with E-state index in [9.17, 15) is 4.79 Å². The minimum absolute atomic E-state index is 0.0247. The van der Waals surface area contributed by atoms with Crippen LogP contribution in [0.5, 0.6) is 5.75 Å². The fourth-order valence-electron chi connectivity index (χ4n) is 4.14. The number of fused-ring (bicyclic) bond motifs is 1. The predicted molar refractivity (Wildman–Crippen MR) is 110 cm³/mol. The lowest BCUT2D eigenvalue weighted by Gasteiger charge is -2.38. The van der Waals surface area contributed by atoms with Crippen molar-refractivity contribution in [2.24, 2.45) is 5.92 Å². The van der Waals surface area contributed by atoms with Gasteiger partial charge < -0.3 is 14.8 Å². The second-order valence-electron chi connectivity index (χ2n) is 7.59. The second-order valence-corrected chi connectivity index (χ2v) is 7.59. The van der Waals surface area contributed by atoms with Crippen LogP contribution in [-0.2, 0) is 9.53 Å². The van der Waals surface area contributed by atoms with Crippen molar-refractivity contribution < 1.29 is 14.3 Å². The molecule has 1 fully saturated rings. The van der Waals surface area contributed by atoms with Crippen molar-refractivity contribution >= 4 is 22.4 Å². The largest absolute Gasteiger partial charge is 0.493 e. The summed E-state index contributed by atoms with van der Waals surface area (Å²) in [5, 5.41) is 5.18. The summed E-state index contributed by atoms with van der Waals surface area (Å²) in [5.41, 5.74) is 0.0991. The van der Waals surface area contributed by atoms with E-state index in [4.69, 9.17) is 9.47 Å². The Morgan fingerprint density at radius 2 is 1.96 bits per heavy atom. The Morgan fingerprint density at radius 1 is 1.19 bits per heavy atom. The average Bonchev–Trinajstić information content (AvgIpc) is 2.67. The second kappa shape index (κ2) is 8.75. The van der Waals surface area contributed by atoms with Gasteiger partial charge in [0.05, 0.1) is 6.61 Å². The molecule has 0 bridgehead atoms. The molecule has 0 heterocycles. The third-order valence-corrected chi connectivity index (χ3v) is 5.38. The third-order valence-electron chi connectivity index (χ3n) is 5.38. The van der Waals surface area contributed by atoms with E-state index in [-0.39, 0.29) is 5.91 Å². The van der Waals surface area contributed by atoms with E-state index >= 15 is 0 Å². The van der Waals surface area contributed by atoms with E-state index in [0.29, 0.717) is 19.1 Å². The summed E-state index contributed by atoms with van der Waals surface area (Å²) < 4.78 is 11.9. The first kappa shape index (κ1) is 19.7. The summed E-state index contributed by atoms with van der Waals surface area (Å²) in [7, 11) is 0. The molecule has 0 unspecified atom stereocenters. The van der Waals surface area contributed by atoms with Crippen LogP contribution in [0.2, 0.25) is 0 Å². The first-order valence-corrected chi connectivity index (χ1v) is 10.2. The number of carbonyl (C=O) groups excluding carboxylic acids is 1. The van der Waals surface area contributed by atoms with E-state index in [2.05, 4.69) is 19.2 Å². The third kappa shape index (κ3) is 4.27. The SMILES string of the molecule is CCCOc1ccc(NC(=O)[C@]2(OCC)CCC[C@@H](C)C2)c2ccccc12. The maximum Gasteiger partial charge on any atom is 0.256 e. The van der Waals surface area contributed by atoms with E-state index in [1.54, 1.807) is 0 Å². The number of carbonyl (C=O) groups is 1. The van der Waals surface area contributed by atoms with Gasteiger partial charge in [0.2, 0.25) is 0 Å². The van der Waals surface area contributed by atoms with E-state index in [0.717, 1.165) is 54.3 Å². The number of ether oxygens (including phenoxy) is 2. The number of amides is 1. The Morgan fingerprint density at radius 3 is 2.67 bits per heavy atom.